The number of fused-ring (bicyclic) bond motifs is 2. The first-order chi connectivity index (χ1) is 17.6. The third kappa shape index (κ3) is 4.44. The summed E-state index contributed by atoms with van der Waals surface area (Å²) in [7, 11) is 0. The van der Waals surface area contributed by atoms with Gasteiger partial charge in [0.1, 0.15) is 11.6 Å². The number of hydrogen-bond acceptors (Lipinski definition) is 7. The van der Waals surface area contributed by atoms with Gasteiger partial charge in [-0.3, -0.25) is 25.2 Å². The van der Waals surface area contributed by atoms with Gasteiger partial charge in [-0.1, -0.05) is 11.6 Å². The second-order valence-corrected chi connectivity index (χ2v) is 9.01. The highest BCUT2D eigenvalue weighted by molar-refractivity contribution is 6.31. The molecule has 1 aliphatic rings. The molecule has 11 nitrogen and oxygen atoms in total. The van der Waals surface area contributed by atoms with Crippen LogP contribution in [0.1, 0.15) is 31.5 Å². The van der Waals surface area contributed by atoms with Gasteiger partial charge in [0.2, 0.25) is 11.8 Å². The first kappa shape index (κ1) is 27.0. The smallest absolute Gasteiger partial charge is 0.383 e. The largest absolute Gasteiger partial charge is 0.453 e. The molecule has 3 amide bonds. The maximum atomic E-state index is 13.6. The fourth-order valence-corrected chi connectivity index (χ4v) is 4.06. The van der Waals surface area contributed by atoms with E-state index in [2.05, 4.69) is 31.2 Å². The topological polar surface area (TPSA) is 157 Å². The van der Waals surface area contributed by atoms with Crippen LogP contribution in [0.2, 0.25) is 5.02 Å². The van der Waals surface area contributed by atoms with E-state index in [-0.39, 0.29) is 44.8 Å². The van der Waals surface area contributed by atoms with Crippen molar-refractivity contribution in [2.24, 2.45) is 0 Å². The van der Waals surface area contributed by atoms with E-state index in [4.69, 9.17) is 17.3 Å². The normalized spacial score (nSPS) is 17.3. The van der Waals surface area contributed by atoms with E-state index in [1.165, 1.54) is 25.1 Å². The number of carbonyl (C=O) groups excluding carboxylic acids is 3. The van der Waals surface area contributed by atoms with Crippen molar-refractivity contribution < 1.29 is 36.3 Å². The summed E-state index contributed by atoms with van der Waals surface area (Å²) in [5.41, 5.74) is 8.27. The molecule has 0 spiro atoms. The summed E-state index contributed by atoms with van der Waals surface area (Å²) in [5, 5.41) is 6.87. The highest BCUT2D eigenvalue weighted by atomic mass is 35.5. The molecule has 17 heteroatoms. The number of hydrogen-bond donors (Lipinski definition) is 4. The summed E-state index contributed by atoms with van der Waals surface area (Å²) >= 11 is 6.00. The van der Waals surface area contributed by atoms with Gasteiger partial charge in [-0.25, -0.2) is 0 Å². The van der Waals surface area contributed by atoms with E-state index in [1.807, 2.05) is 0 Å². The summed E-state index contributed by atoms with van der Waals surface area (Å²) in [6.45, 7) is 2.37. The van der Waals surface area contributed by atoms with Crippen molar-refractivity contribution in [3.63, 3.8) is 0 Å². The van der Waals surface area contributed by atoms with E-state index in [1.54, 1.807) is 0 Å². The van der Waals surface area contributed by atoms with E-state index in [0.717, 1.165) is 11.6 Å². The van der Waals surface area contributed by atoms with Crippen molar-refractivity contribution in [2.75, 3.05) is 11.1 Å². The van der Waals surface area contributed by atoms with Crippen molar-refractivity contribution in [2.45, 2.75) is 44.2 Å². The Kier molecular flexibility index (Phi) is 6.41. The molecule has 0 aliphatic carbocycles. The predicted octanol–water partition coefficient (Wildman–Crippen LogP) is 2.56. The van der Waals surface area contributed by atoms with Gasteiger partial charge in [0.05, 0.1) is 16.8 Å². The third-order valence-electron chi connectivity index (χ3n) is 5.92. The molecule has 202 valence electrons. The standard InChI is InChI=1S/C21H18ClF5N8O3/c1-8(36)32-33-17(38)19(2)13-14(28)29-18(31-15(13)30-16(19)37)35-12-4-3-9(22)7-10(12)11(34-35)5-6-20(23,24)21(25,26)27/h3-4,7H,5-6H2,1-2H3,(H,32,36)(H,33,38)(H3,28,29,30,31,37). The second-order valence-electron chi connectivity index (χ2n) is 8.57. The number of nitrogen functional groups attached to an aromatic ring is 1. The SMILES string of the molecule is CC(=O)NNC(=O)C1(C)C(=O)Nc2nc(-n3nc(CCC(F)(F)C(F)(F)F)c4cc(Cl)ccc43)nc(N)c21. The van der Waals surface area contributed by atoms with Gasteiger partial charge in [-0.15, -0.1) is 0 Å². The monoisotopic (exact) mass is 560 g/mol. The zero-order valence-electron chi connectivity index (χ0n) is 19.5. The minimum absolute atomic E-state index is 0.0985. The van der Waals surface area contributed by atoms with Crippen LogP contribution in [0.5, 0.6) is 0 Å². The molecule has 3 aromatic rings. The Morgan fingerprint density at radius 3 is 2.50 bits per heavy atom. The lowest BCUT2D eigenvalue weighted by molar-refractivity contribution is -0.284. The van der Waals surface area contributed by atoms with Crippen LogP contribution in [0.25, 0.3) is 16.9 Å². The number of aromatic nitrogens is 4. The lowest BCUT2D eigenvalue weighted by atomic mass is 9.84. The summed E-state index contributed by atoms with van der Waals surface area (Å²) in [6, 6.07) is 4.19. The highest BCUT2D eigenvalue weighted by Crippen LogP contribution is 2.41. The molecule has 1 aromatic carbocycles. The average Bonchev–Trinajstić information content (AvgIpc) is 3.30. The van der Waals surface area contributed by atoms with E-state index in [0.29, 0.717) is 0 Å². The fourth-order valence-electron chi connectivity index (χ4n) is 3.88. The molecule has 0 saturated carbocycles. The Hall–Kier alpha value is -4.08. The van der Waals surface area contributed by atoms with Crippen molar-refractivity contribution in [3.05, 3.63) is 34.5 Å². The minimum atomic E-state index is -5.74. The molecule has 5 N–H and O–H groups in total. The first-order valence-corrected chi connectivity index (χ1v) is 11.1. The second kappa shape index (κ2) is 9.04. The molecule has 0 radical (unpaired) electrons. The molecular weight excluding hydrogens is 543 g/mol. The number of aryl methyl sites for hydroxylation is 1. The van der Waals surface area contributed by atoms with Gasteiger partial charge < -0.3 is 11.1 Å². The quantitative estimate of drug-likeness (QED) is 0.212. The summed E-state index contributed by atoms with van der Waals surface area (Å²) in [6.07, 6.45) is -8.08. The number of amides is 3. The van der Waals surface area contributed by atoms with Gasteiger partial charge in [0.25, 0.3) is 11.9 Å². The highest BCUT2D eigenvalue weighted by Gasteiger charge is 2.57. The number of anilines is 2. The maximum Gasteiger partial charge on any atom is 0.453 e. The molecular formula is C21H18ClF5N8O3. The van der Waals surface area contributed by atoms with Gasteiger partial charge in [0.15, 0.2) is 5.41 Å². The fraction of sp³-hybridized carbons (Fsp3) is 0.333. The first-order valence-electron chi connectivity index (χ1n) is 10.7. The molecule has 2 aromatic heterocycles. The van der Waals surface area contributed by atoms with Gasteiger partial charge >= 0.3 is 12.1 Å². The summed E-state index contributed by atoms with van der Waals surface area (Å²) < 4.78 is 66.2. The van der Waals surface area contributed by atoms with Crippen molar-refractivity contribution >= 4 is 51.9 Å². The molecule has 38 heavy (non-hydrogen) atoms. The lowest BCUT2D eigenvalue weighted by Crippen LogP contribution is -2.52. The zero-order chi connectivity index (χ0) is 28.2. The number of alkyl halides is 5. The van der Waals surface area contributed by atoms with Crippen molar-refractivity contribution in [1.29, 1.82) is 0 Å². The number of hydrazine groups is 1. The average molecular weight is 561 g/mol. The number of nitrogens with zero attached hydrogens (tertiary/aromatic N) is 4. The van der Waals surface area contributed by atoms with E-state index in [9.17, 15) is 36.3 Å². The summed E-state index contributed by atoms with van der Waals surface area (Å²) in [4.78, 5) is 44.9. The van der Waals surface area contributed by atoms with Gasteiger partial charge in [-0.05, 0) is 31.5 Å². The zero-order valence-corrected chi connectivity index (χ0v) is 20.3. The Morgan fingerprint density at radius 2 is 1.87 bits per heavy atom. The molecule has 4 rings (SSSR count). The van der Waals surface area contributed by atoms with Crippen LogP contribution >= 0.6 is 11.6 Å². The Labute approximate surface area is 214 Å². The molecule has 1 atom stereocenters. The van der Waals surface area contributed by atoms with Gasteiger partial charge in [-0.2, -0.15) is 41.7 Å². The Balaban J connectivity index is 1.78. The molecule has 1 unspecified atom stereocenters. The van der Waals surface area contributed by atoms with Crippen LogP contribution in [0.4, 0.5) is 33.6 Å². The van der Waals surface area contributed by atoms with Crippen LogP contribution in [0, 0.1) is 0 Å². The summed E-state index contributed by atoms with van der Waals surface area (Å²) in [5.74, 6) is -8.08. The number of rotatable bonds is 5. The Morgan fingerprint density at radius 1 is 1.18 bits per heavy atom. The molecule has 0 fully saturated rings. The molecule has 0 saturated heterocycles. The number of nitrogens with two attached hydrogens (primary N) is 1. The van der Waals surface area contributed by atoms with Crippen LogP contribution in [0.15, 0.2) is 18.2 Å². The van der Waals surface area contributed by atoms with Crippen LogP contribution < -0.4 is 21.9 Å². The van der Waals surface area contributed by atoms with Crippen molar-refractivity contribution in [3.8, 4) is 5.95 Å². The number of benzene rings is 1. The minimum Gasteiger partial charge on any atom is -0.383 e. The molecule has 0 bridgehead atoms. The molecule has 1 aliphatic heterocycles. The van der Waals surface area contributed by atoms with Crippen LogP contribution in [0.3, 0.4) is 0 Å². The predicted molar refractivity (Wildman–Crippen MR) is 123 cm³/mol. The van der Waals surface area contributed by atoms with E-state index < -0.39 is 48.1 Å². The maximum absolute atomic E-state index is 13.6. The number of nitrogens with one attached hydrogen (secondary N) is 3. The van der Waals surface area contributed by atoms with Crippen LogP contribution in [-0.2, 0) is 26.2 Å². The third-order valence-corrected chi connectivity index (χ3v) is 6.15. The van der Waals surface area contributed by atoms with Gasteiger partial charge in [0, 0.05) is 23.8 Å². The Bertz CT molecular complexity index is 1490. The number of halogens is 6. The van der Waals surface area contributed by atoms with Crippen molar-refractivity contribution in [1.82, 2.24) is 30.6 Å². The lowest BCUT2D eigenvalue weighted by Gasteiger charge is -2.21. The number of carbonyl (C=O) groups is 3. The van der Waals surface area contributed by atoms with Crippen LogP contribution in [-0.4, -0.2) is 49.6 Å². The molecule has 3 heterocycles. The van der Waals surface area contributed by atoms with E-state index >= 15 is 0 Å².